The summed E-state index contributed by atoms with van der Waals surface area (Å²) in [5.41, 5.74) is 7.17. The number of hydrogen-bond donors (Lipinski definition) is 3. The molecule has 1 unspecified atom stereocenters. The van der Waals surface area contributed by atoms with E-state index in [4.69, 9.17) is 10.8 Å². The van der Waals surface area contributed by atoms with Crippen molar-refractivity contribution in [2.45, 2.75) is 19.6 Å². The van der Waals surface area contributed by atoms with Gasteiger partial charge in [-0.2, -0.15) is 0 Å². The van der Waals surface area contributed by atoms with Crippen molar-refractivity contribution in [3.05, 3.63) is 33.8 Å². The highest BCUT2D eigenvalue weighted by atomic mass is 79.9. The Bertz CT molecular complexity index is 382. The first kappa shape index (κ1) is 13.2. The molecule has 0 aromatic heterocycles. The Morgan fingerprint density at radius 2 is 2.31 bits per heavy atom. The van der Waals surface area contributed by atoms with Crippen molar-refractivity contribution in [2.24, 2.45) is 5.73 Å². The molecular formula is C11H15BrN2O2. The second-order valence-electron chi connectivity index (χ2n) is 3.63. The van der Waals surface area contributed by atoms with Crippen molar-refractivity contribution in [3.63, 3.8) is 0 Å². The zero-order valence-electron chi connectivity index (χ0n) is 9.03. The minimum atomic E-state index is -1.13. The van der Waals surface area contributed by atoms with Gasteiger partial charge in [0.1, 0.15) is 6.10 Å². The molecule has 0 aliphatic carbocycles. The molecule has 1 aromatic rings. The van der Waals surface area contributed by atoms with Crippen molar-refractivity contribution in [2.75, 3.05) is 6.54 Å². The fraction of sp³-hybridized carbons (Fsp3) is 0.364. The average molecular weight is 287 g/mol. The number of aryl methyl sites for hydroxylation is 1. The normalized spacial score (nSPS) is 12.4. The summed E-state index contributed by atoms with van der Waals surface area (Å²) in [5, 5.41) is 12.1. The standard InChI is InChI=1S/C11H15BrN2O2/c1-7-4-8(2-3-9(7)12)5-14-6-10(15)11(13)16/h2-4,10,14-15H,5-6H2,1H3,(H2,13,16). The number of aliphatic hydroxyl groups excluding tert-OH is 1. The van der Waals surface area contributed by atoms with Crippen molar-refractivity contribution in [1.82, 2.24) is 5.32 Å². The Kier molecular flexibility index (Phi) is 4.92. The van der Waals surface area contributed by atoms with Gasteiger partial charge in [0.25, 0.3) is 0 Å². The van der Waals surface area contributed by atoms with Gasteiger partial charge in [0.05, 0.1) is 0 Å². The van der Waals surface area contributed by atoms with E-state index in [1.54, 1.807) is 0 Å². The highest BCUT2D eigenvalue weighted by molar-refractivity contribution is 9.10. The van der Waals surface area contributed by atoms with Crippen LogP contribution in [0.1, 0.15) is 11.1 Å². The summed E-state index contributed by atoms with van der Waals surface area (Å²) in [6.45, 7) is 2.77. The van der Waals surface area contributed by atoms with E-state index in [-0.39, 0.29) is 6.54 Å². The SMILES string of the molecule is Cc1cc(CNCC(O)C(N)=O)ccc1Br. The number of carbonyl (C=O) groups excluding carboxylic acids is 1. The number of rotatable bonds is 5. The molecule has 4 N–H and O–H groups in total. The third-order valence-corrected chi connectivity index (χ3v) is 3.11. The Morgan fingerprint density at radius 3 is 2.88 bits per heavy atom. The van der Waals surface area contributed by atoms with Crippen LogP contribution in [0.3, 0.4) is 0 Å². The third kappa shape index (κ3) is 3.92. The molecule has 0 heterocycles. The third-order valence-electron chi connectivity index (χ3n) is 2.22. The van der Waals surface area contributed by atoms with Gasteiger partial charge in [-0.15, -0.1) is 0 Å². The molecule has 0 bridgehead atoms. The molecular weight excluding hydrogens is 272 g/mol. The highest BCUT2D eigenvalue weighted by Gasteiger charge is 2.09. The lowest BCUT2D eigenvalue weighted by Crippen LogP contribution is -2.37. The zero-order chi connectivity index (χ0) is 12.1. The maximum Gasteiger partial charge on any atom is 0.247 e. The van der Waals surface area contributed by atoms with E-state index in [1.165, 1.54) is 0 Å². The fourth-order valence-corrected chi connectivity index (χ4v) is 1.52. The van der Waals surface area contributed by atoms with E-state index in [0.29, 0.717) is 6.54 Å². The van der Waals surface area contributed by atoms with Crippen molar-refractivity contribution < 1.29 is 9.90 Å². The highest BCUT2D eigenvalue weighted by Crippen LogP contribution is 2.16. The Balaban J connectivity index is 2.43. The van der Waals surface area contributed by atoms with Gasteiger partial charge in [-0.1, -0.05) is 28.1 Å². The quantitative estimate of drug-likeness (QED) is 0.746. The summed E-state index contributed by atoms with van der Waals surface area (Å²) in [4.78, 5) is 10.6. The molecule has 1 aromatic carbocycles. The molecule has 0 spiro atoms. The minimum absolute atomic E-state index is 0.171. The molecule has 16 heavy (non-hydrogen) atoms. The first-order chi connectivity index (χ1) is 7.50. The van der Waals surface area contributed by atoms with Crippen LogP contribution in [0.2, 0.25) is 0 Å². The largest absolute Gasteiger partial charge is 0.382 e. The number of halogens is 1. The number of carbonyl (C=O) groups is 1. The zero-order valence-corrected chi connectivity index (χ0v) is 10.6. The summed E-state index contributed by atoms with van der Waals surface area (Å²) in [5.74, 6) is -0.709. The van der Waals surface area contributed by atoms with Crippen molar-refractivity contribution in [3.8, 4) is 0 Å². The van der Waals surface area contributed by atoms with Gasteiger partial charge in [0, 0.05) is 17.6 Å². The topological polar surface area (TPSA) is 75.3 Å². The predicted octanol–water partition coefficient (Wildman–Crippen LogP) is 0.693. The van der Waals surface area contributed by atoms with E-state index in [9.17, 15) is 4.79 Å². The Hall–Kier alpha value is -0.910. The number of hydrogen-bond acceptors (Lipinski definition) is 3. The monoisotopic (exact) mass is 286 g/mol. The van der Waals surface area contributed by atoms with Crippen LogP contribution in [0.5, 0.6) is 0 Å². The molecule has 0 aliphatic heterocycles. The summed E-state index contributed by atoms with van der Waals surface area (Å²) in [6, 6.07) is 5.98. The second-order valence-corrected chi connectivity index (χ2v) is 4.49. The Labute approximate surface area is 103 Å². The van der Waals surface area contributed by atoms with Gasteiger partial charge < -0.3 is 16.2 Å². The van der Waals surface area contributed by atoms with Gasteiger partial charge in [0.2, 0.25) is 5.91 Å². The van der Waals surface area contributed by atoms with Crippen molar-refractivity contribution in [1.29, 1.82) is 0 Å². The first-order valence-corrected chi connectivity index (χ1v) is 5.73. The molecule has 88 valence electrons. The van der Waals surface area contributed by atoms with Gasteiger partial charge in [-0.05, 0) is 24.1 Å². The van der Waals surface area contributed by atoms with Crippen LogP contribution >= 0.6 is 15.9 Å². The lowest BCUT2D eigenvalue weighted by Gasteiger charge is -2.09. The molecule has 0 fully saturated rings. The number of primary amides is 1. The molecule has 4 nitrogen and oxygen atoms in total. The number of nitrogens with one attached hydrogen (secondary N) is 1. The number of benzene rings is 1. The van der Waals surface area contributed by atoms with Gasteiger partial charge in [0.15, 0.2) is 0 Å². The molecule has 1 atom stereocenters. The van der Waals surface area contributed by atoms with Gasteiger partial charge >= 0.3 is 0 Å². The van der Waals surface area contributed by atoms with Crippen LogP contribution < -0.4 is 11.1 Å². The van der Waals surface area contributed by atoms with E-state index < -0.39 is 12.0 Å². The molecule has 0 saturated heterocycles. The van der Waals surface area contributed by atoms with Gasteiger partial charge in [-0.25, -0.2) is 0 Å². The van der Waals surface area contributed by atoms with Crippen LogP contribution in [0.4, 0.5) is 0 Å². The number of amides is 1. The number of nitrogens with two attached hydrogens (primary N) is 1. The second kappa shape index (κ2) is 5.98. The number of aliphatic hydroxyl groups is 1. The van der Waals surface area contributed by atoms with Crippen LogP contribution in [-0.2, 0) is 11.3 Å². The summed E-state index contributed by atoms with van der Waals surface area (Å²) < 4.78 is 1.06. The lowest BCUT2D eigenvalue weighted by molar-refractivity contribution is -0.125. The first-order valence-electron chi connectivity index (χ1n) is 4.94. The maximum absolute atomic E-state index is 10.6. The maximum atomic E-state index is 10.6. The van der Waals surface area contributed by atoms with E-state index >= 15 is 0 Å². The summed E-state index contributed by atoms with van der Waals surface area (Å²) >= 11 is 3.42. The molecule has 0 aliphatic rings. The van der Waals surface area contributed by atoms with Crippen molar-refractivity contribution >= 4 is 21.8 Å². The lowest BCUT2D eigenvalue weighted by atomic mass is 10.1. The molecule has 0 saturated carbocycles. The van der Waals surface area contributed by atoms with E-state index in [2.05, 4.69) is 21.2 Å². The van der Waals surface area contributed by atoms with Crippen LogP contribution in [0.15, 0.2) is 22.7 Å². The molecule has 0 radical (unpaired) electrons. The van der Waals surface area contributed by atoms with E-state index in [1.807, 2.05) is 25.1 Å². The van der Waals surface area contributed by atoms with Gasteiger partial charge in [-0.3, -0.25) is 4.79 Å². The summed E-state index contributed by atoms with van der Waals surface area (Å²) in [6.07, 6.45) is -1.13. The van der Waals surface area contributed by atoms with E-state index in [0.717, 1.165) is 15.6 Å². The molecule has 1 amide bonds. The fourth-order valence-electron chi connectivity index (χ4n) is 1.27. The Morgan fingerprint density at radius 1 is 1.62 bits per heavy atom. The summed E-state index contributed by atoms with van der Waals surface area (Å²) in [7, 11) is 0. The smallest absolute Gasteiger partial charge is 0.247 e. The minimum Gasteiger partial charge on any atom is -0.382 e. The molecule has 5 heteroatoms. The van der Waals surface area contributed by atoms with Crippen LogP contribution in [0.25, 0.3) is 0 Å². The average Bonchev–Trinajstić information content (AvgIpc) is 2.23. The van der Waals surface area contributed by atoms with Crippen LogP contribution in [-0.4, -0.2) is 23.7 Å². The van der Waals surface area contributed by atoms with Crippen LogP contribution in [0, 0.1) is 6.92 Å². The molecule has 1 rings (SSSR count). The predicted molar refractivity (Wildman–Crippen MR) is 65.8 cm³/mol.